The van der Waals surface area contributed by atoms with Gasteiger partial charge in [0.15, 0.2) is 0 Å². The van der Waals surface area contributed by atoms with Gasteiger partial charge in [0.1, 0.15) is 0 Å². The van der Waals surface area contributed by atoms with Crippen molar-refractivity contribution in [3.8, 4) is 0 Å². The molecule has 1 aromatic heterocycles. The van der Waals surface area contributed by atoms with Gasteiger partial charge in [-0.3, -0.25) is 9.36 Å². The smallest absolute Gasteiger partial charge is 0.301 e. The van der Waals surface area contributed by atoms with Crippen LogP contribution in [0.2, 0.25) is 0 Å². The minimum Gasteiger partial charge on any atom is -0.301 e. The number of aryl methyl sites for hydroxylation is 1. The molecular formula is C9H12N2O2. The Morgan fingerprint density at radius 1 is 1.54 bits per heavy atom. The molecule has 0 aliphatic carbocycles. The molecule has 0 fully saturated rings. The van der Waals surface area contributed by atoms with Crippen molar-refractivity contribution in [3.63, 3.8) is 0 Å². The average Bonchev–Trinajstić information content (AvgIpc) is 2.09. The second-order valence-corrected chi connectivity index (χ2v) is 2.86. The number of hydrogen-bond donors (Lipinski definition) is 0. The van der Waals surface area contributed by atoms with Gasteiger partial charge in [-0.1, -0.05) is 6.08 Å². The molecule has 70 valence electrons. The van der Waals surface area contributed by atoms with Crippen LogP contribution in [0.15, 0.2) is 28.3 Å². The molecule has 0 radical (unpaired) electrons. The van der Waals surface area contributed by atoms with E-state index in [1.165, 1.54) is 16.7 Å². The molecule has 4 nitrogen and oxygen atoms in total. The minimum absolute atomic E-state index is 0.256. The Balaban J connectivity index is 3.53. The van der Waals surface area contributed by atoms with Crippen molar-refractivity contribution in [2.24, 2.45) is 7.05 Å². The molecule has 0 aromatic carbocycles. The summed E-state index contributed by atoms with van der Waals surface area (Å²) in [5.41, 5.74) is 0.0840. The molecule has 1 heterocycles. The van der Waals surface area contributed by atoms with Gasteiger partial charge in [0.25, 0.3) is 5.56 Å². The Morgan fingerprint density at radius 3 is 2.69 bits per heavy atom. The topological polar surface area (TPSA) is 44.0 Å². The molecular weight excluding hydrogens is 168 g/mol. The fourth-order valence-corrected chi connectivity index (χ4v) is 1.08. The Morgan fingerprint density at radius 2 is 2.15 bits per heavy atom. The summed E-state index contributed by atoms with van der Waals surface area (Å²) in [4.78, 5) is 22.8. The van der Waals surface area contributed by atoms with Gasteiger partial charge in [-0.05, 0) is 6.92 Å². The van der Waals surface area contributed by atoms with Crippen LogP contribution in [0.1, 0.15) is 5.69 Å². The van der Waals surface area contributed by atoms with Crippen molar-refractivity contribution in [1.82, 2.24) is 9.13 Å². The maximum Gasteiger partial charge on any atom is 0.331 e. The van der Waals surface area contributed by atoms with Gasteiger partial charge in [0.2, 0.25) is 0 Å². The van der Waals surface area contributed by atoms with Gasteiger partial charge in [-0.15, -0.1) is 6.58 Å². The second-order valence-electron chi connectivity index (χ2n) is 2.86. The van der Waals surface area contributed by atoms with Crippen LogP contribution in [-0.4, -0.2) is 9.13 Å². The molecule has 13 heavy (non-hydrogen) atoms. The molecule has 4 heteroatoms. The summed E-state index contributed by atoms with van der Waals surface area (Å²) in [6, 6.07) is 1.44. The van der Waals surface area contributed by atoms with E-state index in [0.29, 0.717) is 5.69 Å². The Bertz CT molecular complexity index is 440. The summed E-state index contributed by atoms with van der Waals surface area (Å²) in [5.74, 6) is 0. The Hall–Kier alpha value is -1.58. The zero-order valence-corrected chi connectivity index (χ0v) is 7.78. The quantitative estimate of drug-likeness (QED) is 0.603. The zero-order valence-electron chi connectivity index (χ0n) is 7.78. The van der Waals surface area contributed by atoms with Gasteiger partial charge in [0, 0.05) is 25.4 Å². The maximum absolute atomic E-state index is 11.5. The first-order valence-electron chi connectivity index (χ1n) is 3.96. The first-order valence-corrected chi connectivity index (χ1v) is 3.96. The molecule has 0 saturated heterocycles. The Kier molecular flexibility index (Phi) is 2.51. The highest BCUT2D eigenvalue weighted by Gasteiger charge is 2.03. The molecule has 0 spiro atoms. The standard InChI is InChI=1S/C9H12N2O2/c1-4-5-11-8(12)6-7(2)10(3)9(11)13/h4,6H,1,5H2,2-3H3. The van der Waals surface area contributed by atoms with Crippen molar-refractivity contribution in [3.05, 3.63) is 45.3 Å². The lowest BCUT2D eigenvalue weighted by atomic mass is 10.4. The number of allylic oxidation sites excluding steroid dienone is 1. The van der Waals surface area contributed by atoms with Crippen LogP contribution in [0.3, 0.4) is 0 Å². The van der Waals surface area contributed by atoms with Gasteiger partial charge in [0.05, 0.1) is 0 Å². The van der Waals surface area contributed by atoms with E-state index in [1.807, 2.05) is 0 Å². The second kappa shape index (κ2) is 3.43. The fourth-order valence-electron chi connectivity index (χ4n) is 1.08. The molecule has 0 aliphatic heterocycles. The summed E-state index contributed by atoms with van der Waals surface area (Å²) in [5, 5.41) is 0. The highest BCUT2D eigenvalue weighted by molar-refractivity contribution is 4.99. The van der Waals surface area contributed by atoms with Crippen LogP contribution in [0.5, 0.6) is 0 Å². The van der Waals surface area contributed by atoms with Gasteiger partial charge >= 0.3 is 5.69 Å². The van der Waals surface area contributed by atoms with Crippen LogP contribution in [0.4, 0.5) is 0 Å². The van der Waals surface area contributed by atoms with E-state index in [4.69, 9.17) is 0 Å². The molecule has 0 unspecified atom stereocenters. The molecule has 0 atom stereocenters. The van der Waals surface area contributed by atoms with E-state index >= 15 is 0 Å². The van der Waals surface area contributed by atoms with Gasteiger partial charge in [-0.25, -0.2) is 4.79 Å². The molecule has 1 aromatic rings. The summed E-state index contributed by atoms with van der Waals surface area (Å²) < 4.78 is 2.57. The third-order valence-electron chi connectivity index (χ3n) is 1.96. The van der Waals surface area contributed by atoms with E-state index in [-0.39, 0.29) is 17.8 Å². The lowest BCUT2D eigenvalue weighted by molar-refractivity contribution is 0.635. The Labute approximate surface area is 75.7 Å². The predicted molar refractivity (Wildman–Crippen MR) is 50.9 cm³/mol. The van der Waals surface area contributed by atoms with E-state index in [1.54, 1.807) is 14.0 Å². The van der Waals surface area contributed by atoms with Crippen LogP contribution < -0.4 is 11.2 Å². The number of nitrogens with zero attached hydrogens (tertiary/aromatic N) is 2. The largest absolute Gasteiger partial charge is 0.331 e. The average molecular weight is 180 g/mol. The lowest BCUT2D eigenvalue weighted by Crippen LogP contribution is -2.39. The van der Waals surface area contributed by atoms with Crippen molar-refractivity contribution >= 4 is 0 Å². The normalized spacial score (nSPS) is 10.0. The van der Waals surface area contributed by atoms with Crippen LogP contribution in [0.25, 0.3) is 0 Å². The van der Waals surface area contributed by atoms with Crippen molar-refractivity contribution in [1.29, 1.82) is 0 Å². The zero-order chi connectivity index (χ0) is 10.0. The van der Waals surface area contributed by atoms with Crippen molar-refractivity contribution in [2.75, 3.05) is 0 Å². The summed E-state index contributed by atoms with van der Waals surface area (Å²) in [6.45, 7) is 5.46. The van der Waals surface area contributed by atoms with Gasteiger partial charge in [-0.2, -0.15) is 0 Å². The highest BCUT2D eigenvalue weighted by atomic mass is 16.2. The third-order valence-corrected chi connectivity index (χ3v) is 1.96. The molecule has 0 amide bonds. The summed E-state index contributed by atoms with van der Waals surface area (Å²) in [6.07, 6.45) is 1.53. The van der Waals surface area contributed by atoms with Gasteiger partial charge < -0.3 is 4.57 Å². The SMILES string of the molecule is C=CCn1c(=O)cc(C)n(C)c1=O. The van der Waals surface area contributed by atoms with E-state index in [9.17, 15) is 9.59 Å². The van der Waals surface area contributed by atoms with E-state index < -0.39 is 0 Å². The lowest BCUT2D eigenvalue weighted by Gasteiger charge is -2.06. The first kappa shape index (κ1) is 9.51. The summed E-state index contributed by atoms with van der Waals surface area (Å²) in [7, 11) is 1.64. The van der Waals surface area contributed by atoms with Crippen LogP contribution >= 0.6 is 0 Å². The first-order chi connectivity index (χ1) is 6.07. The molecule has 1 rings (SSSR count). The fraction of sp³-hybridized carbons (Fsp3) is 0.333. The van der Waals surface area contributed by atoms with Crippen molar-refractivity contribution < 1.29 is 0 Å². The number of rotatable bonds is 2. The molecule has 0 saturated carbocycles. The van der Waals surface area contributed by atoms with Crippen LogP contribution in [0, 0.1) is 6.92 Å². The van der Waals surface area contributed by atoms with E-state index in [2.05, 4.69) is 6.58 Å². The summed E-state index contributed by atoms with van der Waals surface area (Å²) >= 11 is 0. The van der Waals surface area contributed by atoms with E-state index in [0.717, 1.165) is 4.57 Å². The minimum atomic E-state index is -0.301. The molecule has 0 aliphatic rings. The van der Waals surface area contributed by atoms with Crippen molar-refractivity contribution in [2.45, 2.75) is 13.5 Å². The predicted octanol–water partition coefficient (Wildman–Crippen LogP) is 0.0414. The third kappa shape index (κ3) is 1.61. The molecule has 0 bridgehead atoms. The monoisotopic (exact) mass is 180 g/mol. The van der Waals surface area contributed by atoms with Crippen LogP contribution in [-0.2, 0) is 13.6 Å². The highest BCUT2D eigenvalue weighted by Crippen LogP contribution is 1.85. The number of aromatic nitrogens is 2. The maximum atomic E-state index is 11.5. The number of hydrogen-bond acceptors (Lipinski definition) is 2. The molecule has 0 N–H and O–H groups in total.